The van der Waals surface area contributed by atoms with E-state index in [0.29, 0.717) is 16.8 Å². The summed E-state index contributed by atoms with van der Waals surface area (Å²) >= 11 is 0. The summed E-state index contributed by atoms with van der Waals surface area (Å²) in [5.41, 5.74) is 6.46. The van der Waals surface area contributed by atoms with Gasteiger partial charge in [0.05, 0.1) is 12.6 Å². The highest BCUT2D eigenvalue weighted by Gasteiger charge is 2.26. The van der Waals surface area contributed by atoms with Crippen molar-refractivity contribution in [2.45, 2.75) is 6.44 Å². The Balaban J connectivity index is 2.13. The Bertz CT molecular complexity index is 732. The lowest BCUT2D eigenvalue weighted by Crippen LogP contribution is -2.24. The average Bonchev–Trinajstić information content (AvgIpc) is 2.85. The second-order valence-electron chi connectivity index (χ2n) is 4.32. The SMILES string of the molecule is NC(=O)c1cccc(-c2cn(CB(O)OP(=O)(O)O)nn2)c1. The van der Waals surface area contributed by atoms with Crippen molar-refractivity contribution < 1.29 is 28.6 Å². The molecule has 0 aliphatic carbocycles. The van der Waals surface area contributed by atoms with Crippen molar-refractivity contribution in [2.75, 3.05) is 0 Å². The first-order valence-corrected chi connectivity index (χ1v) is 7.50. The van der Waals surface area contributed by atoms with Gasteiger partial charge in [-0.3, -0.25) is 9.48 Å². The van der Waals surface area contributed by atoms with Gasteiger partial charge < -0.3 is 25.0 Å². The Kier molecular flexibility index (Phi) is 4.74. The molecule has 0 radical (unpaired) electrons. The van der Waals surface area contributed by atoms with Crippen LogP contribution in [0.25, 0.3) is 11.3 Å². The van der Waals surface area contributed by atoms with Crippen LogP contribution in [0, 0.1) is 0 Å². The number of aromatic nitrogens is 3. The molecule has 1 amide bonds. The normalized spacial score (nSPS) is 11.4. The van der Waals surface area contributed by atoms with E-state index in [9.17, 15) is 14.4 Å². The predicted molar refractivity (Wildman–Crippen MR) is 75.1 cm³/mol. The number of nitrogens with zero attached hydrogens (tertiary/aromatic N) is 3. The van der Waals surface area contributed by atoms with Crippen LogP contribution in [-0.2, 0) is 15.5 Å². The van der Waals surface area contributed by atoms with Crippen LogP contribution in [0.5, 0.6) is 0 Å². The van der Waals surface area contributed by atoms with Crippen molar-refractivity contribution in [3.63, 3.8) is 0 Å². The Morgan fingerprint density at radius 1 is 1.45 bits per heavy atom. The second kappa shape index (κ2) is 6.38. The van der Waals surface area contributed by atoms with Gasteiger partial charge in [-0.1, -0.05) is 17.3 Å². The smallest absolute Gasteiger partial charge is 0.425 e. The molecule has 5 N–H and O–H groups in total. The fraction of sp³-hybridized carbons (Fsp3) is 0.100. The molecule has 0 aliphatic rings. The highest BCUT2D eigenvalue weighted by atomic mass is 31.2. The standard InChI is InChI=1S/C10H12BN4O6P/c12-10(16)8-3-1-2-7(4-8)9-5-15(14-13-9)6-11(17)21-22(18,19)20/h1-5,17H,6H2,(H2,12,16)(H2,18,19,20). The molecule has 10 nitrogen and oxygen atoms in total. The van der Waals surface area contributed by atoms with Crippen molar-refractivity contribution in [1.29, 1.82) is 0 Å². The molecule has 2 rings (SSSR count). The van der Waals surface area contributed by atoms with Crippen molar-refractivity contribution in [1.82, 2.24) is 15.0 Å². The lowest BCUT2D eigenvalue weighted by Gasteiger charge is -2.07. The van der Waals surface area contributed by atoms with E-state index < -0.39 is 20.8 Å². The zero-order valence-electron chi connectivity index (χ0n) is 11.1. The van der Waals surface area contributed by atoms with Gasteiger partial charge in [-0.2, -0.15) is 0 Å². The van der Waals surface area contributed by atoms with E-state index in [1.807, 2.05) is 0 Å². The third kappa shape index (κ3) is 4.48. The Hall–Kier alpha value is -2.04. The van der Waals surface area contributed by atoms with Crippen LogP contribution in [0.4, 0.5) is 0 Å². The maximum absolute atomic E-state index is 11.1. The number of hydrogen-bond acceptors (Lipinski definition) is 6. The van der Waals surface area contributed by atoms with E-state index in [2.05, 4.69) is 14.8 Å². The fourth-order valence-electron chi connectivity index (χ4n) is 1.70. The number of carbonyl (C=O) groups is 1. The number of rotatable bonds is 6. The molecule has 0 atom stereocenters. The number of benzene rings is 1. The molecule has 2 aromatic rings. The van der Waals surface area contributed by atoms with Gasteiger partial charge in [0.2, 0.25) is 5.91 Å². The minimum Gasteiger partial charge on any atom is -0.425 e. The molecule has 0 bridgehead atoms. The summed E-state index contributed by atoms with van der Waals surface area (Å²) < 4.78 is 15.8. The molecule has 116 valence electrons. The molecule has 0 fully saturated rings. The number of carbonyl (C=O) groups excluding carboxylic acids is 1. The molecule has 1 heterocycles. The Labute approximate surface area is 124 Å². The molecule has 0 unspecified atom stereocenters. The van der Waals surface area contributed by atoms with Crippen LogP contribution in [0.3, 0.4) is 0 Å². The molecule has 0 saturated carbocycles. The van der Waals surface area contributed by atoms with Gasteiger partial charge in [0.1, 0.15) is 5.69 Å². The van der Waals surface area contributed by atoms with Gasteiger partial charge in [0.15, 0.2) is 0 Å². The first kappa shape index (κ1) is 16.3. The lowest BCUT2D eigenvalue weighted by atomic mass is 9.93. The van der Waals surface area contributed by atoms with Gasteiger partial charge in [0, 0.05) is 11.1 Å². The summed E-state index contributed by atoms with van der Waals surface area (Å²) in [5.74, 6) is -0.584. The van der Waals surface area contributed by atoms with Gasteiger partial charge in [0.25, 0.3) is 0 Å². The van der Waals surface area contributed by atoms with Crippen molar-refractivity contribution >= 4 is 20.8 Å². The number of phosphoric acid groups is 1. The van der Waals surface area contributed by atoms with Crippen LogP contribution in [-0.4, -0.2) is 42.8 Å². The van der Waals surface area contributed by atoms with E-state index in [1.165, 1.54) is 12.3 Å². The summed E-state index contributed by atoms with van der Waals surface area (Å²) in [6.45, 7) is 0. The fourth-order valence-corrected chi connectivity index (χ4v) is 2.09. The highest BCUT2D eigenvalue weighted by Crippen LogP contribution is 2.36. The van der Waals surface area contributed by atoms with E-state index in [1.54, 1.807) is 18.2 Å². The zero-order chi connectivity index (χ0) is 16.3. The molecular formula is C10H12BN4O6P. The van der Waals surface area contributed by atoms with Crippen LogP contribution >= 0.6 is 7.82 Å². The van der Waals surface area contributed by atoms with E-state index in [4.69, 9.17) is 15.5 Å². The van der Waals surface area contributed by atoms with Gasteiger partial charge in [-0.05, 0) is 12.1 Å². The third-order valence-corrected chi connectivity index (χ3v) is 3.10. The predicted octanol–water partition coefficient (Wildman–Crippen LogP) is -0.827. The highest BCUT2D eigenvalue weighted by molar-refractivity contribution is 7.47. The van der Waals surface area contributed by atoms with Crippen LogP contribution < -0.4 is 5.73 Å². The molecule has 0 spiro atoms. The van der Waals surface area contributed by atoms with Gasteiger partial charge >= 0.3 is 14.9 Å². The van der Waals surface area contributed by atoms with E-state index in [-0.39, 0.29) is 6.44 Å². The molecule has 0 saturated heterocycles. The van der Waals surface area contributed by atoms with Crippen molar-refractivity contribution in [2.24, 2.45) is 5.73 Å². The van der Waals surface area contributed by atoms with Gasteiger partial charge in [-0.25, -0.2) is 4.57 Å². The summed E-state index contributed by atoms with van der Waals surface area (Å²) in [7, 11) is -6.53. The second-order valence-corrected chi connectivity index (χ2v) is 5.51. The van der Waals surface area contributed by atoms with Crippen molar-refractivity contribution in [3.8, 4) is 11.3 Å². The quantitative estimate of drug-likeness (QED) is 0.395. The number of primary amides is 1. The minimum absolute atomic E-state index is 0.303. The maximum atomic E-state index is 11.1. The van der Waals surface area contributed by atoms with Crippen LogP contribution in [0.1, 0.15) is 10.4 Å². The topological polar surface area (TPSA) is 161 Å². The first-order valence-electron chi connectivity index (χ1n) is 5.97. The van der Waals surface area contributed by atoms with E-state index in [0.717, 1.165) is 4.68 Å². The molecule has 0 aliphatic heterocycles. The molecule has 22 heavy (non-hydrogen) atoms. The van der Waals surface area contributed by atoms with Crippen molar-refractivity contribution in [3.05, 3.63) is 36.0 Å². The Morgan fingerprint density at radius 2 is 2.18 bits per heavy atom. The summed E-state index contributed by atoms with van der Waals surface area (Å²) in [4.78, 5) is 28.3. The van der Waals surface area contributed by atoms with Crippen LogP contribution in [0.2, 0.25) is 0 Å². The average molecular weight is 326 g/mol. The maximum Gasteiger partial charge on any atom is 0.486 e. The molecule has 12 heteroatoms. The third-order valence-electron chi connectivity index (χ3n) is 2.58. The Morgan fingerprint density at radius 3 is 2.82 bits per heavy atom. The number of nitrogens with two attached hydrogens (primary N) is 1. The van der Waals surface area contributed by atoms with Crippen LogP contribution in [0.15, 0.2) is 30.5 Å². The summed E-state index contributed by atoms with van der Waals surface area (Å²) in [5, 5.41) is 16.9. The molecule has 1 aromatic heterocycles. The minimum atomic E-state index is -4.79. The largest absolute Gasteiger partial charge is 0.486 e. The molecule has 1 aromatic carbocycles. The summed E-state index contributed by atoms with van der Waals surface area (Å²) in [6.07, 6.45) is 1.10. The molecular weight excluding hydrogens is 314 g/mol. The first-order chi connectivity index (χ1) is 10.2. The number of amides is 1. The zero-order valence-corrected chi connectivity index (χ0v) is 12.0. The van der Waals surface area contributed by atoms with E-state index >= 15 is 0 Å². The monoisotopic (exact) mass is 326 g/mol. The number of hydrogen-bond donors (Lipinski definition) is 4. The van der Waals surface area contributed by atoms with Gasteiger partial charge in [-0.15, -0.1) is 5.10 Å². The lowest BCUT2D eigenvalue weighted by molar-refractivity contribution is 0.1000. The summed E-state index contributed by atoms with van der Waals surface area (Å²) in [6, 6.07) is 6.39.